The number of imidazole rings is 1. The lowest BCUT2D eigenvalue weighted by Gasteiger charge is -2.46. The average Bonchev–Trinajstić information content (AvgIpc) is 3.30. The van der Waals surface area contributed by atoms with Gasteiger partial charge in [-0.05, 0) is 49.4 Å². The van der Waals surface area contributed by atoms with Crippen LogP contribution < -0.4 is 20.9 Å². The zero-order valence-electron chi connectivity index (χ0n) is 19.7. The van der Waals surface area contributed by atoms with Crippen LogP contribution in [-0.4, -0.2) is 65.1 Å². The van der Waals surface area contributed by atoms with Crippen LogP contribution in [-0.2, 0) is 16.1 Å². The van der Waals surface area contributed by atoms with Crippen molar-refractivity contribution in [1.29, 1.82) is 0 Å². The molecule has 4 aliphatic heterocycles. The highest BCUT2D eigenvalue weighted by Gasteiger charge is 2.36. The molecule has 10 nitrogen and oxygen atoms in total. The number of nitrogens with one attached hydrogen (secondary N) is 3. The smallest absolute Gasteiger partial charge is 0.328 e. The summed E-state index contributed by atoms with van der Waals surface area (Å²) < 4.78 is 13.7. The molecule has 2 aromatic heterocycles. The summed E-state index contributed by atoms with van der Waals surface area (Å²) in [6.07, 6.45) is 5.94. The number of amides is 1. The van der Waals surface area contributed by atoms with Gasteiger partial charge in [-0.1, -0.05) is 0 Å². The van der Waals surface area contributed by atoms with Crippen molar-refractivity contribution in [3.63, 3.8) is 0 Å². The van der Waals surface area contributed by atoms with E-state index in [-0.39, 0.29) is 18.2 Å². The van der Waals surface area contributed by atoms with Gasteiger partial charge in [-0.2, -0.15) is 0 Å². The minimum atomic E-state index is -0.238. The molecule has 6 bridgehead atoms. The number of morpholine rings is 1. The third kappa shape index (κ3) is 3.59. The predicted molar refractivity (Wildman–Crippen MR) is 132 cm³/mol. The first-order valence-corrected chi connectivity index (χ1v) is 12.4. The molecule has 3 saturated heterocycles. The van der Waals surface area contributed by atoms with Crippen LogP contribution in [0.25, 0.3) is 11.2 Å². The SMILES string of the molecule is CNc1cc2nc3c1ncn3C(=O)N[C@@H]1CC[C@H]1OCc1cc(cc(N3C[C@@H]4CC[C@H]3CO4)c1)N2. The Hall–Kier alpha value is -3.37. The highest BCUT2D eigenvalue weighted by Crippen LogP contribution is 2.35. The molecule has 0 spiro atoms. The van der Waals surface area contributed by atoms with Crippen LogP contribution in [0.15, 0.2) is 30.6 Å². The number of carbonyl (C=O) groups is 1. The van der Waals surface area contributed by atoms with E-state index in [0.717, 1.165) is 55.8 Å². The molecular weight excluding hydrogens is 446 g/mol. The molecule has 0 unspecified atom stereocenters. The molecule has 5 aliphatic rings. The van der Waals surface area contributed by atoms with Gasteiger partial charge >= 0.3 is 6.03 Å². The van der Waals surface area contributed by atoms with Crippen LogP contribution in [0.4, 0.5) is 27.7 Å². The second kappa shape index (κ2) is 8.10. The van der Waals surface area contributed by atoms with Crippen molar-refractivity contribution < 1.29 is 14.3 Å². The lowest BCUT2D eigenvalue weighted by atomic mass is 9.89. The van der Waals surface area contributed by atoms with Crippen LogP contribution in [0.3, 0.4) is 0 Å². The monoisotopic (exact) mass is 475 g/mol. The lowest BCUT2D eigenvalue weighted by Crippen LogP contribution is -2.54. The molecule has 1 aromatic carbocycles. The standard InChI is InChI=1S/C25H29N7O3/c1-26-20-9-22-28-15-6-14(7-17(8-15)31-10-18-3-2-16(31)12-34-18)11-35-21-5-4-19(21)29-25(33)32-13-27-23(20)24(32)30-22/h6-9,13,16,18-19,21H,2-5,10-12H2,1H3,(H,29,33)(H2,26,28,30)/t16-,18-,19+,21+/m0/s1. The molecule has 4 atom stereocenters. The zero-order valence-corrected chi connectivity index (χ0v) is 19.7. The number of benzene rings is 1. The van der Waals surface area contributed by atoms with Crippen molar-refractivity contribution in [3.05, 3.63) is 36.2 Å². The summed E-state index contributed by atoms with van der Waals surface area (Å²) >= 11 is 0. The maximum Gasteiger partial charge on any atom is 0.328 e. The van der Waals surface area contributed by atoms with Crippen LogP contribution in [0.5, 0.6) is 0 Å². The molecule has 0 radical (unpaired) electrons. The number of carbonyl (C=O) groups excluding carboxylic acids is 1. The van der Waals surface area contributed by atoms with E-state index in [4.69, 9.17) is 14.5 Å². The highest BCUT2D eigenvalue weighted by molar-refractivity contribution is 5.94. The number of fused-ring (bicyclic) bond motifs is 7. The number of aromatic nitrogens is 3. The largest absolute Gasteiger partial charge is 0.386 e. The summed E-state index contributed by atoms with van der Waals surface area (Å²) in [4.78, 5) is 24.8. The van der Waals surface area contributed by atoms with Gasteiger partial charge in [-0.25, -0.2) is 19.3 Å². The quantitative estimate of drug-likeness (QED) is 0.519. The Morgan fingerprint density at radius 2 is 2.06 bits per heavy atom. The van der Waals surface area contributed by atoms with E-state index in [2.05, 4.69) is 44.0 Å². The van der Waals surface area contributed by atoms with Crippen molar-refractivity contribution in [2.24, 2.45) is 0 Å². The Bertz CT molecular complexity index is 1300. The molecule has 3 aromatic rings. The van der Waals surface area contributed by atoms with Crippen LogP contribution in [0.2, 0.25) is 0 Å². The van der Waals surface area contributed by atoms with Gasteiger partial charge in [-0.3, -0.25) is 0 Å². The van der Waals surface area contributed by atoms with Gasteiger partial charge in [0, 0.05) is 31.0 Å². The number of ether oxygens (including phenoxy) is 2. The molecule has 35 heavy (non-hydrogen) atoms. The fourth-order valence-electron chi connectivity index (χ4n) is 5.67. The molecule has 4 fully saturated rings. The first kappa shape index (κ1) is 21.0. The number of nitrogens with zero attached hydrogens (tertiary/aromatic N) is 4. The van der Waals surface area contributed by atoms with E-state index in [0.29, 0.717) is 35.7 Å². The minimum Gasteiger partial charge on any atom is -0.386 e. The van der Waals surface area contributed by atoms with E-state index >= 15 is 0 Å². The van der Waals surface area contributed by atoms with Gasteiger partial charge in [0.05, 0.1) is 43.2 Å². The molecule has 1 amide bonds. The highest BCUT2D eigenvalue weighted by atomic mass is 16.5. The van der Waals surface area contributed by atoms with Crippen LogP contribution in [0, 0.1) is 0 Å². The number of anilines is 4. The maximum atomic E-state index is 13.1. The Morgan fingerprint density at radius 1 is 1.11 bits per heavy atom. The summed E-state index contributed by atoms with van der Waals surface area (Å²) in [5.74, 6) is 0.641. The number of pyridine rings is 1. The number of piperidine rings is 1. The number of hydrogen-bond acceptors (Lipinski definition) is 8. The van der Waals surface area contributed by atoms with Crippen molar-refractivity contribution >= 4 is 40.1 Å². The van der Waals surface area contributed by atoms with Gasteiger partial charge in [0.15, 0.2) is 5.65 Å². The van der Waals surface area contributed by atoms with E-state index in [1.807, 2.05) is 13.1 Å². The Balaban J connectivity index is 1.33. The van der Waals surface area contributed by atoms with Gasteiger partial charge in [0.1, 0.15) is 17.7 Å². The van der Waals surface area contributed by atoms with Crippen molar-refractivity contribution in [1.82, 2.24) is 19.9 Å². The first-order valence-electron chi connectivity index (χ1n) is 12.4. The average molecular weight is 476 g/mol. The maximum absolute atomic E-state index is 13.1. The van der Waals surface area contributed by atoms with Crippen molar-refractivity contribution in [3.8, 4) is 0 Å². The summed E-state index contributed by atoms with van der Waals surface area (Å²) in [6.45, 7) is 2.19. The normalized spacial score (nSPS) is 27.6. The fourth-order valence-corrected chi connectivity index (χ4v) is 5.67. The molecule has 6 heterocycles. The van der Waals surface area contributed by atoms with E-state index in [1.165, 1.54) is 16.6 Å². The second-order valence-corrected chi connectivity index (χ2v) is 9.93. The van der Waals surface area contributed by atoms with Gasteiger partial charge in [-0.15, -0.1) is 0 Å². The summed E-state index contributed by atoms with van der Waals surface area (Å²) in [6, 6.07) is 8.60. The molecule has 1 saturated carbocycles. The van der Waals surface area contributed by atoms with E-state index in [9.17, 15) is 4.79 Å². The second-order valence-electron chi connectivity index (χ2n) is 9.93. The zero-order chi connectivity index (χ0) is 23.5. The Kier molecular flexibility index (Phi) is 4.85. The van der Waals surface area contributed by atoms with Crippen molar-refractivity contribution in [2.45, 2.75) is 56.6 Å². The predicted octanol–water partition coefficient (Wildman–Crippen LogP) is 3.20. The molecule has 3 N–H and O–H groups in total. The van der Waals surface area contributed by atoms with Gasteiger partial charge in [0.25, 0.3) is 0 Å². The minimum absolute atomic E-state index is 0.00692. The Morgan fingerprint density at radius 3 is 2.80 bits per heavy atom. The molecule has 1 aliphatic carbocycles. The summed E-state index contributed by atoms with van der Waals surface area (Å²) in [7, 11) is 1.85. The molecule has 182 valence electrons. The Labute approximate surface area is 203 Å². The lowest BCUT2D eigenvalue weighted by molar-refractivity contribution is -0.0324. The summed E-state index contributed by atoms with van der Waals surface area (Å²) in [5, 5.41) is 9.78. The van der Waals surface area contributed by atoms with Gasteiger partial charge < -0.3 is 30.3 Å². The molecule has 8 rings (SSSR count). The summed E-state index contributed by atoms with van der Waals surface area (Å²) in [5.41, 5.74) is 5.18. The first-order chi connectivity index (χ1) is 17.1. The third-order valence-corrected chi connectivity index (χ3v) is 7.75. The number of hydrogen-bond donors (Lipinski definition) is 3. The van der Waals surface area contributed by atoms with Crippen LogP contribution >= 0.6 is 0 Å². The van der Waals surface area contributed by atoms with E-state index in [1.54, 1.807) is 0 Å². The third-order valence-electron chi connectivity index (χ3n) is 7.75. The van der Waals surface area contributed by atoms with Gasteiger partial charge in [0.2, 0.25) is 0 Å². The molecular formula is C25H29N7O3. The topological polar surface area (TPSA) is 106 Å². The number of rotatable bonds is 2. The fraction of sp³-hybridized carbons (Fsp3) is 0.480. The van der Waals surface area contributed by atoms with Crippen molar-refractivity contribution in [2.75, 3.05) is 35.7 Å². The van der Waals surface area contributed by atoms with Crippen LogP contribution in [0.1, 0.15) is 31.2 Å². The molecule has 10 heteroatoms. The van der Waals surface area contributed by atoms with E-state index < -0.39 is 0 Å².